The van der Waals surface area contributed by atoms with Crippen molar-refractivity contribution in [2.45, 2.75) is 86.5 Å². The molecule has 1 rings (SSSR count). The van der Waals surface area contributed by atoms with Crippen molar-refractivity contribution >= 4 is 17.9 Å². The van der Waals surface area contributed by atoms with Gasteiger partial charge in [-0.1, -0.05) is 61.8 Å². The number of nitrogens with one attached hydrogen (secondary N) is 3. The van der Waals surface area contributed by atoms with Crippen LogP contribution in [-0.4, -0.2) is 48.2 Å². The van der Waals surface area contributed by atoms with Crippen LogP contribution in [0.25, 0.3) is 0 Å². The van der Waals surface area contributed by atoms with Crippen LogP contribution in [0.5, 0.6) is 0 Å². The first-order valence-electron chi connectivity index (χ1n) is 11.9. The van der Waals surface area contributed by atoms with Crippen LogP contribution in [0, 0.1) is 5.92 Å². The normalized spacial score (nSPS) is 11.5. The smallest absolute Gasteiger partial charge is 0.271 e. The molecule has 1 heterocycles. The Morgan fingerprint density at radius 1 is 1.13 bits per heavy atom. The summed E-state index contributed by atoms with van der Waals surface area (Å²) in [5.41, 5.74) is 1.98. The first-order valence-corrected chi connectivity index (χ1v) is 11.9. The summed E-state index contributed by atoms with van der Waals surface area (Å²) >= 11 is 0. The highest BCUT2D eigenvalue weighted by Gasteiger charge is 2.28. The van der Waals surface area contributed by atoms with Gasteiger partial charge in [0.05, 0.1) is 17.7 Å². The number of aromatic nitrogens is 2. The minimum Gasteiger partial charge on any atom is -0.350 e. The number of unbranched alkanes of at least 4 members (excludes halogenated alkanes) is 1. The second-order valence-electron chi connectivity index (χ2n) is 9.33. The Balaban J connectivity index is 0.00000110. The average Bonchev–Trinajstić information content (AvgIpc) is 3.03. The number of nitrogens with zero attached hydrogens (tertiary/aromatic N) is 3. The van der Waals surface area contributed by atoms with E-state index in [0.29, 0.717) is 18.2 Å². The van der Waals surface area contributed by atoms with Crippen molar-refractivity contribution in [1.82, 2.24) is 20.4 Å². The third kappa shape index (κ3) is 11.9. The van der Waals surface area contributed by atoms with Crippen molar-refractivity contribution in [1.29, 1.82) is 0 Å². The number of aliphatic imine (C=N–C) groups is 1. The Hall–Kier alpha value is -1.89. The third-order valence-corrected chi connectivity index (χ3v) is 4.44. The van der Waals surface area contributed by atoms with Gasteiger partial charge in [0.1, 0.15) is 5.69 Å². The fraction of sp³-hybridized carbons (Fsp3) is 0.792. The molecule has 0 bridgehead atoms. The molecular weight excluding hydrogens is 388 g/mol. The van der Waals surface area contributed by atoms with E-state index < -0.39 is 0 Å². The predicted molar refractivity (Wildman–Crippen MR) is 134 cm³/mol. The van der Waals surface area contributed by atoms with Crippen LogP contribution in [0.1, 0.15) is 97.3 Å². The lowest BCUT2D eigenvalue weighted by atomic mass is 9.91. The molecule has 180 valence electrons. The Labute approximate surface area is 190 Å². The molecule has 0 unspecified atom stereocenters. The molecule has 0 radical (unpaired) electrons. The molecule has 0 aromatic carbocycles. The number of carbonyl (C=O) groups is 1. The fourth-order valence-electron chi connectivity index (χ4n) is 2.73. The van der Waals surface area contributed by atoms with E-state index in [2.05, 4.69) is 81.4 Å². The highest BCUT2D eigenvalue weighted by atomic mass is 16.2. The van der Waals surface area contributed by atoms with Crippen LogP contribution >= 0.6 is 0 Å². The molecule has 31 heavy (non-hydrogen) atoms. The molecule has 7 nitrogen and oxygen atoms in total. The summed E-state index contributed by atoms with van der Waals surface area (Å²) in [5, 5.41) is 14.0. The van der Waals surface area contributed by atoms with Crippen LogP contribution in [0.15, 0.2) is 4.99 Å². The van der Waals surface area contributed by atoms with E-state index in [0.717, 1.165) is 30.8 Å². The van der Waals surface area contributed by atoms with Crippen LogP contribution in [0.3, 0.4) is 0 Å². The highest BCUT2D eigenvalue weighted by molar-refractivity contribution is 6.01. The summed E-state index contributed by atoms with van der Waals surface area (Å²) in [6.45, 7) is 20.7. The molecule has 0 atom stereocenters. The van der Waals surface area contributed by atoms with E-state index in [1.54, 1.807) is 18.1 Å². The lowest BCUT2D eigenvalue weighted by molar-refractivity contribution is 0.0940. The lowest BCUT2D eigenvalue weighted by Gasteiger charge is -2.17. The zero-order valence-corrected chi connectivity index (χ0v) is 21.6. The van der Waals surface area contributed by atoms with Crippen LogP contribution < -0.4 is 16.0 Å². The Morgan fingerprint density at radius 2 is 1.74 bits per heavy atom. The second-order valence-corrected chi connectivity index (χ2v) is 9.33. The second kappa shape index (κ2) is 15.8. The topological polar surface area (TPSA) is 83.3 Å². The van der Waals surface area contributed by atoms with Gasteiger partial charge in [0.25, 0.3) is 5.91 Å². The molecule has 7 heteroatoms. The molecule has 0 aliphatic heterocycles. The molecule has 1 aromatic heterocycles. The number of anilines is 1. The summed E-state index contributed by atoms with van der Waals surface area (Å²) in [6.07, 6.45) is 6.35. The predicted octanol–water partition coefficient (Wildman–Crippen LogP) is 4.74. The summed E-state index contributed by atoms with van der Waals surface area (Å²) < 4.78 is 1.65. The van der Waals surface area contributed by atoms with Crippen LogP contribution in [-0.2, 0) is 12.5 Å². The van der Waals surface area contributed by atoms with Gasteiger partial charge in [0, 0.05) is 25.6 Å². The molecule has 1 aromatic rings. The van der Waals surface area contributed by atoms with Crippen molar-refractivity contribution in [3.63, 3.8) is 0 Å². The maximum Gasteiger partial charge on any atom is 0.271 e. The van der Waals surface area contributed by atoms with Crippen molar-refractivity contribution < 1.29 is 4.79 Å². The first-order chi connectivity index (χ1) is 14.6. The molecule has 0 spiro atoms. The minimum absolute atomic E-state index is 0.112. The van der Waals surface area contributed by atoms with E-state index in [-0.39, 0.29) is 11.3 Å². The number of aryl methyl sites for hydroxylation is 1. The van der Waals surface area contributed by atoms with E-state index in [4.69, 9.17) is 0 Å². The van der Waals surface area contributed by atoms with Gasteiger partial charge in [0.15, 0.2) is 0 Å². The van der Waals surface area contributed by atoms with Crippen molar-refractivity contribution in [3.8, 4) is 0 Å². The number of amides is 1. The number of hydrogen-bond donors (Lipinski definition) is 3. The fourth-order valence-corrected chi connectivity index (χ4v) is 2.73. The largest absolute Gasteiger partial charge is 0.350 e. The monoisotopic (exact) mass is 436 g/mol. The van der Waals surface area contributed by atoms with Gasteiger partial charge in [-0.25, -0.2) is 0 Å². The molecule has 1 amide bonds. The molecule has 3 N–H and O–H groups in total. The summed E-state index contributed by atoms with van der Waals surface area (Å²) in [4.78, 5) is 17.0. The maximum absolute atomic E-state index is 12.6. The zero-order valence-electron chi connectivity index (χ0n) is 21.6. The van der Waals surface area contributed by atoms with Gasteiger partial charge in [-0.15, -0.1) is 0 Å². The molecule has 0 aliphatic carbocycles. The summed E-state index contributed by atoms with van der Waals surface area (Å²) in [5.74, 6) is 0.287. The van der Waals surface area contributed by atoms with Crippen LogP contribution in [0.2, 0.25) is 0 Å². The van der Waals surface area contributed by atoms with E-state index in [1.807, 2.05) is 0 Å². The standard InChI is InChI=1S/C18H33N5O.C6H15N/c1-8-9-10-19-12-21-14-15(17(24)20-11-13(2)3)23(7)22-16(14)18(4,5)6;1-3-5-7-6-4-2/h12-13H,8-11H2,1-7H3,(H,19,21)(H,20,24);7H,3-6H2,1-2H3. The third-order valence-electron chi connectivity index (χ3n) is 4.44. The Bertz CT molecular complexity index is 639. The van der Waals surface area contributed by atoms with Gasteiger partial charge >= 0.3 is 0 Å². The Kier molecular flexibility index (Phi) is 14.9. The van der Waals surface area contributed by atoms with Crippen molar-refractivity contribution in [2.24, 2.45) is 18.0 Å². The van der Waals surface area contributed by atoms with Crippen molar-refractivity contribution in [2.75, 3.05) is 31.5 Å². The summed E-state index contributed by atoms with van der Waals surface area (Å²) in [6, 6.07) is 0. The van der Waals surface area contributed by atoms with Crippen LogP contribution in [0.4, 0.5) is 5.69 Å². The number of carbonyl (C=O) groups excluding carboxylic acids is 1. The summed E-state index contributed by atoms with van der Waals surface area (Å²) in [7, 11) is 1.80. The quantitative estimate of drug-likeness (QED) is 0.251. The van der Waals surface area contributed by atoms with Gasteiger partial charge in [-0.05, 0) is 38.3 Å². The molecule has 0 saturated carbocycles. The number of hydrogen-bond acceptors (Lipinski definition) is 4. The van der Waals surface area contributed by atoms with E-state index >= 15 is 0 Å². The lowest BCUT2D eigenvalue weighted by Crippen LogP contribution is -2.29. The van der Waals surface area contributed by atoms with Crippen molar-refractivity contribution in [3.05, 3.63) is 11.4 Å². The SMILES string of the molecule is CCCCN=CNc1c(C(C)(C)C)nn(C)c1C(=O)NCC(C)C.CCCNCCC. The first kappa shape index (κ1) is 29.1. The number of rotatable bonds is 12. The van der Waals surface area contributed by atoms with E-state index in [9.17, 15) is 4.79 Å². The minimum atomic E-state index is -0.173. The van der Waals surface area contributed by atoms with Gasteiger partial charge in [-0.2, -0.15) is 5.10 Å². The molecule has 0 saturated heterocycles. The average molecular weight is 437 g/mol. The van der Waals surface area contributed by atoms with E-state index in [1.165, 1.54) is 25.9 Å². The maximum atomic E-state index is 12.6. The highest BCUT2D eigenvalue weighted by Crippen LogP contribution is 2.31. The zero-order chi connectivity index (χ0) is 23.9. The van der Waals surface area contributed by atoms with Gasteiger partial charge < -0.3 is 16.0 Å². The molecular formula is C24H48N6O. The molecule has 0 aliphatic rings. The van der Waals surface area contributed by atoms with Gasteiger partial charge in [0.2, 0.25) is 0 Å². The Morgan fingerprint density at radius 3 is 2.23 bits per heavy atom. The molecule has 0 fully saturated rings. The van der Waals surface area contributed by atoms with Gasteiger partial charge in [-0.3, -0.25) is 14.5 Å².